The number of ether oxygens (including phenoxy) is 1. The minimum atomic E-state index is -4.43. The van der Waals surface area contributed by atoms with Crippen LogP contribution in [0, 0.1) is 0 Å². The van der Waals surface area contributed by atoms with Crippen molar-refractivity contribution < 1.29 is 27.5 Å². The highest BCUT2D eigenvalue weighted by Crippen LogP contribution is 2.29. The number of carbonyl (C=O) groups is 2. The number of hydrogen-bond donors (Lipinski definition) is 1. The van der Waals surface area contributed by atoms with Crippen molar-refractivity contribution in [3.05, 3.63) is 71.3 Å². The molecular weight excluding hydrogens is 335 g/mol. The van der Waals surface area contributed by atoms with E-state index in [2.05, 4.69) is 10.1 Å². The Labute approximate surface area is 142 Å². The highest BCUT2D eigenvalue weighted by atomic mass is 19.4. The molecule has 1 N–H and O–H groups in total. The van der Waals surface area contributed by atoms with E-state index in [0.717, 1.165) is 12.1 Å². The molecular formula is C18H16F3NO3. The normalized spacial score (nSPS) is 12.3. The van der Waals surface area contributed by atoms with Crippen LogP contribution < -0.4 is 5.32 Å². The first-order valence-corrected chi connectivity index (χ1v) is 7.41. The maximum atomic E-state index is 12.6. The Balaban J connectivity index is 2.13. The molecule has 1 amide bonds. The summed E-state index contributed by atoms with van der Waals surface area (Å²) in [7, 11) is 1.18. The zero-order chi connectivity index (χ0) is 18.4. The van der Waals surface area contributed by atoms with Crippen molar-refractivity contribution in [3.8, 4) is 0 Å². The van der Waals surface area contributed by atoms with Gasteiger partial charge in [0.2, 0.25) is 0 Å². The van der Waals surface area contributed by atoms with Gasteiger partial charge in [0.15, 0.2) is 0 Å². The Hall–Kier alpha value is -2.83. The molecule has 25 heavy (non-hydrogen) atoms. The topological polar surface area (TPSA) is 55.4 Å². The average molecular weight is 351 g/mol. The van der Waals surface area contributed by atoms with Crippen LogP contribution in [0.2, 0.25) is 0 Å². The van der Waals surface area contributed by atoms with Crippen LogP contribution in [0.5, 0.6) is 0 Å². The Morgan fingerprint density at radius 1 is 1.04 bits per heavy atom. The third kappa shape index (κ3) is 5.07. The lowest BCUT2D eigenvalue weighted by Gasteiger charge is -2.17. The number of esters is 1. The summed E-state index contributed by atoms with van der Waals surface area (Å²) < 4.78 is 42.4. The maximum Gasteiger partial charge on any atom is 0.416 e. The molecule has 0 heterocycles. The second-order valence-electron chi connectivity index (χ2n) is 5.31. The number of carbonyl (C=O) groups excluding carboxylic acids is 2. The van der Waals surface area contributed by atoms with E-state index in [4.69, 9.17) is 0 Å². The number of nitrogens with one attached hydrogen (secondary N) is 1. The van der Waals surface area contributed by atoms with E-state index in [-0.39, 0.29) is 6.42 Å². The highest BCUT2D eigenvalue weighted by molar-refractivity contribution is 5.96. The molecule has 0 radical (unpaired) electrons. The molecule has 0 aromatic heterocycles. The molecule has 2 rings (SSSR count). The van der Waals surface area contributed by atoms with Gasteiger partial charge in [-0.1, -0.05) is 30.3 Å². The van der Waals surface area contributed by atoms with E-state index in [1.54, 1.807) is 30.3 Å². The van der Waals surface area contributed by atoms with Gasteiger partial charge in [0.25, 0.3) is 5.91 Å². The fourth-order valence-corrected chi connectivity index (χ4v) is 2.23. The van der Waals surface area contributed by atoms with E-state index in [9.17, 15) is 22.8 Å². The van der Waals surface area contributed by atoms with E-state index in [1.165, 1.54) is 19.2 Å². The molecule has 0 aliphatic rings. The number of methoxy groups -OCH3 is 1. The lowest BCUT2D eigenvalue weighted by atomic mass is 10.0. The van der Waals surface area contributed by atoms with Crippen molar-refractivity contribution in [2.45, 2.75) is 18.6 Å². The molecule has 0 aliphatic carbocycles. The van der Waals surface area contributed by atoms with Gasteiger partial charge in [-0.05, 0) is 29.8 Å². The Morgan fingerprint density at radius 3 is 2.16 bits per heavy atom. The summed E-state index contributed by atoms with van der Waals surface area (Å²) in [5.74, 6) is -1.15. The fourth-order valence-electron chi connectivity index (χ4n) is 2.23. The van der Waals surface area contributed by atoms with Crippen molar-refractivity contribution in [1.82, 2.24) is 5.32 Å². The molecule has 0 spiro atoms. The smallest absolute Gasteiger partial charge is 0.416 e. The Kier molecular flexibility index (Phi) is 5.80. The van der Waals surface area contributed by atoms with Crippen molar-refractivity contribution >= 4 is 11.9 Å². The molecule has 0 saturated carbocycles. The first kappa shape index (κ1) is 18.5. The summed E-state index contributed by atoms with van der Waals surface area (Å²) in [5, 5.41) is 2.54. The predicted octanol–water partition coefficient (Wildman–Crippen LogP) is 3.22. The zero-order valence-corrected chi connectivity index (χ0v) is 13.3. The maximum absolute atomic E-state index is 12.6. The van der Waals surface area contributed by atoms with Crippen LogP contribution in [0.1, 0.15) is 21.5 Å². The van der Waals surface area contributed by atoms with Gasteiger partial charge >= 0.3 is 12.1 Å². The van der Waals surface area contributed by atoms with Gasteiger partial charge in [-0.2, -0.15) is 13.2 Å². The molecule has 0 saturated heterocycles. The Bertz CT molecular complexity index is 727. The quantitative estimate of drug-likeness (QED) is 0.842. The highest BCUT2D eigenvalue weighted by Gasteiger charge is 2.30. The third-order valence-corrected chi connectivity index (χ3v) is 3.55. The molecule has 2 aromatic rings. The minimum Gasteiger partial charge on any atom is -0.467 e. The van der Waals surface area contributed by atoms with Gasteiger partial charge in [-0.25, -0.2) is 4.79 Å². The zero-order valence-electron chi connectivity index (χ0n) is 13.3. The summed E-state index contributed by atoms with van der Waals surface area (Å²) in [6, 6.07) is 11.7. The fraction of sp³-hybridized carbons (Fsp3) is 0.222. The summed E-state index contributed by atoms with van der Waals surface area (Å²) in [5.41, 5.74) is 0.0553. The van der Waals surface area contributed by atoms with Gasteiger partial charge < -0.3 is 10.1 Å². The lowest BCUT2D eigenvalue weighted by molar-refractivity contribution is -0.143. The summed E-state index contributed by atoms with van der Waals surface area (Å²) in [6.07, 6.45) is -4.41. The van der Waals surface area contributed by atoms with Crippen LogP contribution in [-0.4, -0.2) is 25.0 Å². The standard InChI is InChI=1S/C18H16F3NO3/c1-25-17(24)15(22-16(23)13-5-3-2-4-6-13)11-12-7-9-14(10-8-12)18(19,20)21/h2-10,15H,11H2,1H3,(H,22,23)/t15-/m0/s1. The minimum absolute atomic E-state index is 0.0172. The molecule has 4 nitrogen and oxygen atoms in total. The molecule has 0 fully saturated rings. The van der Waals surface area contributed by atoms with Gasteiger partial charge in [0.05, 0.1) is 12.7 Å². The second kappa shape index (κ2) is 7.83. The molecule has 0 unspecified atom stereocenters. The largest absolute Gasteiger partial charge is 0.467 e. The summed E-state index contributed by atoms with van der Waals surface area (Å²) in [4.78, 5) is 24.1. The monoisotopic (exact) mass is 351 g/mol. The lowest BCUT2D eigenvalue weighted by Crippen LogP contribution is -2.43. The first-order valence-electron chi connectivity index (χ1n) is 7.41. The second-order valence-corrected chi connectivity index (χ2v) is 5.31. The molecule has 0 aliphatic heterocycles. The number of hydrogen-bond acceptors (Lipinski definition) is 3. The van der Waals surface area contributed by atoms with Crippen molar-refractivity contribution in [2.75, 3.05) is 7.11 Å². The number of alkyl halides is 3. The third-order valence-electron chi connectivity index (χ3n) is 3.55. The van der Waals surface area contributed by atoms with Crippen molar-refractivity contribution in [1.29, 1.82) is 0 Å². The predicted molar refractivity (Wildman–Crippen MR) is 84.9 cm³/mol. The van der Waals surface area contributed by atoms with Gasteiger partial charge in [-0.15, -0.1) is 0 Å². The van der Waals surface area contributed by atoms with Gasteiger partial charge in [-0.3, -0.25) is 4.79 Å². The SMILES string of the molecule is COC(=O)[C@H](Cc1ccc(C(F)(F)F)cc1)NC(=O)c1ccccc1. The van der Waals surface area contributed by atoms with Crippen molar-refractivity contribution in [2.24, 2.45) is 0 Å². The molecule has 1 atom stereocenters. The van der Waals surface area contributed by atoms with Crippen LogP contribution in [0.4, 0.5) is 13.2 Å². The van der Waals surface area contributed by atoms with Gasteiger partial charge in [0, 0.05) is 12.0 Å². The van der Waals surface area contributed by atoms with Crippen LogP contribution >= 0.6 is 0 Å². The summed E-state index contributed by atoms with van der Waals surface area (Å²) in [6.45, 7) is 0. The van der Waals surface area contributed by atoms with Crippen LogP contribution in [-0.2, 0) is 22.1 Å². The van der Waals surface area contributed by atoms with Crippen LogP contribution in [0.15, 0.2) is 54.6 Å². The van der Waals surface area contributed by atoms with E-state index in [0.29, 0.717) is 11.1 Å². The number of rotatable bonds is 5. The Morgan fingerprint density at radius 2 is 1.64 bits per heavy atom. The van der Waals surface area contributed by atoms with Gasteiger partial charge in [0.1, 0.15) is 6.04 Å². The molecule has 7 heteroatoms. The van der Waals surface area contributed by atoms with E-state index < -0.39 is 29.7 Å². The molecule has 0 bridgehead atoms. The van der Waals surface area contributed by atoms with E-state index in [1.807, 2.05) is 0 Å². The number of benzene rings is 2. The number of halogens is 3. The molecule has 2 aromatic carbocycles. The van der Waals surface area contributed by atoms with E-state index >= 15 is 0 Å². The van der Waals surface area contributed by atoms with Crippen molar-refractivity contribution in [3.63, 3.8) is 0 Å². The number of amides is 1. The average Bonchev–Trinajstić information content (AvgIpc) is 2.60. The summed E-state index contributed by atoms with van der Waals surface area (Å²) >= 11 is 0. The first-order chi connectivity index (χ1) is 11.8. The van der Waals surface area contributed by atoms with Crippen LogP contribution in [0.3, 0.4) is 0 Å². The van der Waals surface area contributed by atoms with Crippen LogP contribution in [0.25, 0.3) is 0 Å². The molecule has 132 valence electrons.